The Morgan fingerprint density at radius 3 is 2.86 bits per heavy atom. The van der Waals surface area contributed by atoms with Crippen LogP contribution in [0.3, 0.4) is 0 Å². The predicted octanol–water partition coefficient (Wildman–Crippen LogP) is 4.18. The van der Waals surface area contributed by atoms with Gasteiger partial charge in [-0.05, 0) is 74.3 Å². The van der Waals surface area contributed by atoms with Gasteiger partial charge in [-0.2, -0.15) is 5.26 Å². The highest BCUT2D eigenvalue weighted by molar-refractivity contribution is 14.1. The van der Waals surface area contributed by atoms with E-state index in [1.54, 1.807) is 11.3 Å². The SMILES string of the molecule is N#CCc1c(I)ccc2sc(I)cc12. The third kappa shape index (κ3) is 1.90. The molecule has 1 aromatic heterocycles. The number of nitriles is 1. The van der Waals surface area contributed by atoms with Gasteiger partial charge in [-0.1, -0.05) is 0 Å². The molecule has 2 rings (SSSR count). The molecule has 0 unspecified atom stereocenters. The molecule has 1 nitrogen and oxygen atoms in total. The van der Waals surface area contributed by atoms with Crippen molar-refractivity contribution in [1.29, 1.82) is 5.26 Å². The summed E-state index contributed by atoms with van der Waals surface area (Å²) in [7, 11) is 0. The Labute approximate surface area is 113 Å². The molecule has 0 fully saturated rings. The zero-order valence-electron chi connectivity index (χ0n) is 7.05. The molecule has 0 amide bonds. The third-order valence-corrected chi connectivity index (χ3v) is 4.85. The number of nitrogens with zero attached hydrogens (tertiary/aromatic N) is 1. The summed E-state index contributed by atoms with van der Waals surface area (Å²) in [5.74, 6) is 0. The van der Waals surface area contributed by atoms with Crippen molar-refractivity contribution in [2.75, 3.05) is 0 Å². The lowest BCUT2D eigenvalue weighted by atomic mass is 10.1. The molecule has 0 bridgehead atoms. The highest BCUT2D eigenvalue weighted by Gasteiger charge is 2.08. The summed E-state index contributed by atoms with van der Waals surface area (Å²) in [6, 6.07) is 8.60. The van der Waals surface area contributed by atoms with E-state index in [9.17, 15) is 0 Å². The summed E-state index contributed by atoms with van der Waals surface area (Å²) in [5, 5.41) is 10.0. The van der Waals surface area contributed by atoms with Crippen LogP contribution in [-0.2, 0) is 6.42 Å². The lowest BCUT2D eigenvalue weighted by molar-refractivity contribution is 1.27. The monoisotopic (exact) mass is 425 g/mol. The van der Waals surface area contributed by atoms with Gasteiger partial charge in [0.1, 0.15) is 0 Å². The molecule has 1 aromatic carbocycles. The molecule has 0 saturated carbocycles. The van der Waals surface area contributed by atoms with Crippen LogP contribution in [0.5, 0.6) is 0 Å². The summed E-state index contributed by atoms with van der Waals surface area (Å²) in [6.45, 7) is 0. The number of rotatable bonds is 1. The second-order valence-electron chi connectivity index (χ2n) is 2.82. The van der Waals surface area contributed by atoms with Crippen molar-refractivity contribution in [3.8, 4) is 6.07 Å². The second-order valence-corrected chi connectivity index (χ2v) is 6.96. The summed E-state index contributed by atoms with van der Waals surface area (Å²) in [4.78, 5) is 0. The van der Waals surface area contributed by atoms with Gasteiger partial charge < -0.3 is 0 Å². The molecule has 0 radical (unpaired) electrons. The smallest absolute Gasteiger partial charge is 0.0670 e. The molecule has 0 saturated heterocycles. The first-order valence-electron chi connectivity index (χ1n) is 3.95. The molecule has 0 aliphatic heterocycles. The third-order valence-electron chi connectivity index (χ3n) is 1.98. The Balaban J connectivity index is 2.76. The van der Waals surface area contributed by atoms with Gasteiger partial charge in [0.05, 0.1) is 15.4 Å². The molecule has 70 valence electrons. The van der Waals surface area contributed by atoms with Crippen LogP contribution in [0.15, 0.2) is 18.2 Å². The van der Waals surface area contributed by atoms with Crippen molar-refractivity contribution >= 4 is 66.6 Å². The Morgan fingerprint density at radius 1 is 1.36 bits per heavy atom. The first kappa shape index (κ1) is 10.6. The highest BCUT2D eigenvalue weighted by Crippen LogP contribution is 2.31. The standard InChI is InChI=1S/C10H5I2NS/c11-8-1-2-9-7(5-10(12)14-9)6(8)3-4-13/h1-2,5H,3H2. The molecular weight excluding hydrogens is 420 g/mol. The maximum absolute atomic E-state index is 8.76. The highest BCUT2D eigenvalue weighted by atomic mass is 127. The summed E-state index contributed by atoms with van der Waals surface area (Å²) in [5.41, 5.74) is 1.17. The van der Waals surface area contributed by atoms with E-state index >= 15 is 0 Å². The zero-order valence-corrected chi connectivity index (χ0v) is 12.2. The van der Waals surface area contributed by atoms with Crippen molar-refractivity contribution in [1.82, 2.24) is 0 Å². The molecule has 0 atom stereocenters. The Bertz CT molecular complexity index is 525. The molecular formula is C10H5I2NS. The minimum Gasteiger partial charge on any atom is -0.198 e. The minimum absolute atomic E-state index is 0.502. The van der Waals surface area contributed by atoms with Crippen molar-refractivity contribution in [3.05, 3.63) is 30.2 Å². The van der Waals surface area contributed by atoms with Crippen LogP contribution in [-0.4, -0.2) is 0 Å². The fourth-order valence-corrected chi connectivity index (χ4v) is 3.87. The fourth-order valence-electron chi connectivity index (χ4n) is 1.37. The van der Waals surface area contributed by atoms with Crippen LogP contribution in [0.25, 0.3) is 10.1 Å². The lowest BCUT2D eigenvalue weighted by Crippen LogP contribution is -1.86. The maximum atomic E-state index is 8.76. The molecule has 0 aliphatic carbocycles. The average Bonchev–Trinajstić information content (AvgIpc) is 2.51. The number of hydrogen-bond acceptors (Lipinski definition) is 2. The molecule has 2 aromatic rings. The van der Waals surface area contributed by atoms with Gasteiger partial charge >= 0.3 is 0 Å². The molecule has 4 heteroatoms. The maximum Gasteiger partial charge on any atom is 0.0670 e. The van der Waals surface area contributed by atoms with Gasteiger partial charge in [0, 0.05) is 8.27 Å². The van der Waals surface area contributed by atoms with E-state index < -0.39 is 0 Å². The van der Waals surface area contributed by atoms with Crippen molar-refractivity contribution < 1.29 is 0 Å². The first-order chi connectivity index (χ1) is 6.72. The van der Waals surface area contributed by atoms with Gasteiger partial charge in [0.2, 0.25) is 0 Å². The number of thiophene rings is 1. The predicted molar refractivity (Wildman–Crippen MR) is 76.6 cm³/mol. The second kappa shape index (κ2) is 4.33. The van der Waals surface area contributed by atoms with Crippen LogP contribution in [0.4, 0.5) is 0 Å². The molecule has 0 aliphatic rings. The summed E-state index contributed by atoms with van der Waals surface area (Å²) in [6.07, 6.45) is 0.502. The zero-order chi connectivity index (χ0) is 10.1. The average molecular weight is 425 g/mol. The van der Waals surface area contributed by atoms with Crippen molar-refractivity contribution in [2.24, 2.45) is 0 Å². The largest absolute Gasteiger partial charge is 0.198 e. The molecule has 0 N–H and O–H groups in total. The number of hydrogen-bond donors (Lipinski definition) is 0. The fraction of sp³-hybridized carbons (Fsp3) is 0.100. The Hall–Kier alpha value is 0.130. The van der Waals surface area contributed by atoms with E-state index in [0.717, 1.165) is 0 Å². The van der Waals surface area contributed by atoms with Gasteiger partial charge in [0.15, 0.2) is 0 Å². The van der Waals surface area contributed by atoms with E-state index in [-0.39, 0.29) is 0 Å². The van der Waals surface area contributed by atoms with Crippen LogP contribution in [0.2, 0.25) is 0 Å². The van der Waals surface area contributed by atoms with Crippen LogP contribution in [0, 0.1) is 17.8 Å². The van der Waals surface area contributed by atoms with Gasteiger partial charge in [-0.3, -0.25) is 0 Å². The van der Waals surface area contributed by atoms with E-state index in [4.69, 9.17) is 5.26 Å². The quantitative estimate of drug-likeness (QED) is 0.630. The van der Waals surface area contributed by atoms with Crippen molar-refractivity contribution in [2.45, 2.75) is 6.42 Å². The summed E-state index contributed by atoms with van der Waals surface area (Å²) >= 11 is 6.39. The van der Waals surface area contributed by atoms with E-state index in [0.29, 0.717) is 6.42 Å². The van der Waals surface area contributed by atoms with Crippen molar-refractivity contribution in [3.63, 3.8) is 0 Å². The van der Waals surface area contributed by atoms with Gasteiger partial charge in [0.25, 0.3) is 0 Å². The van der Waals surface area contributed by atoms with E-state index in [1.165, 1.54) is 22.1 Å². The number of fused-ring (bicyclic) bond motifs is 1. The lowest BCUT2D eigenvalue weighted by Gasteiger charge is -2.00. The van der Waals surface area contributed by atoms with Gasteiger partial charge in [-0.25, -0.2) is 0 Å². The number of halogens is 2. The summed E-state index contributed by atoms with van der Waals surface area (Å²) < 4.78 is 3.74. The minimum atomic E-state index is 0.502. The Morgan fingerprint density at radius 2 is 2.14 bits per heavy atom. The molecule has 14 heavy (non-hydrogen) atoms. The Kier molecular flexibility index (Phi) is 3.29. The normalized spacial score (nSPS) is 10.4. The van der Waals surface area contributed by atoms with E-state index in [2.05, 4.69) is 69.5 Å². The van der Waals surface area contributed by atoms with Gasteiger partial charge in [-0.15, -0.1) is 11.3 Å². The van der Waals surface area contributed by atoms with Crippen LogP contribution >= 0.6 is 56.5 Å². The number of benzene rings is 1. The topological polar surface area (TPSA) is 23.8 Å². The molecule has 1 heterocycles. The first-order valence-corrected chi connectivity index (χ1v) is 6.93. The molecule has 0 spiro atoms. The van der Waals surface area contributed by atoms with Crippen LogP contribution in [0.1, 0.15) is 5.56 Å². The van der Waals surface area contributed by atoms with Crippen LogP contribution < -0.4 is 0 Å². The van der Waals surface area contributed by atoms with E-state index in [1.807, 2.05) is 0 Å².